The van der Waals surface area contributed by atoms with Crippen molar-refractivity contribution in [3.63, 3.8) is 0 Å². The molecular formula is C15H26N2O3. The number of nitrogens with two attached hydrogens (primary N) is 1. The topological polar surface area (TPSA) is 73.6 Å². The van der Waals surface area contributed by atoms with E-state index in [9.17, 15) is 4.79 Å². The SMILES string of the molecule is NC(=O)C1CCC(NC2CCC3(CC2)OCCO3)CC1. The number of ether oxygens (including phenoxy) is 2. The Morgan fingerprint density at radius 3 is 2.05 bits per heavy atom. The second-order valence-electron chi connectivity index (χ2n) is 6.50. The molecule has 0 aromatic heterocycles. The smallest absolute Gasteiger partial charge is 0.220 e. The van der Waals surface area contributed by atoms with E-state index in [0.717, 1.165) is 64.6 Å². The summed E-state index contributed by atoms with van der Waals surface area (Å²) in [7, 11) is 0. The molecule has 0 atom stereocenters. The molecule has 1 spiro atoms. The molecule has 20 heavy (non-hydrogen) atoms. The lowest BCUT2D eigenvalue weighted by Gasteiger charge is -2.38. The summed E-state index contributed by atoms with van der Waals surface area (Å²) in [5.41, 5.74) is 5.38. The molecule has 0 aromatic carbocycles. The molecule has 3 fully saturated rings. The average Bonchev–Trinajstić information content (AvgIpc) is 2.91. The van der Waals surface area contributed by atoms with Gasteiger partial charge in [-0.2, -0.15) is 0 Å². The van der Waals surface area contributed by atoms with Crippen molar-refractivity contribution in [2.75, 3.05) is 13.2 Å². The monoisotopic (exact) mass is 282 g/mol. The fourth-order valence-electron chi connectivity index (χ4n) is 3.89. The third-order valence-electron chi connectivity index (χ3n) is 5.16. The van der Waals surface area contributed by atoms with Crippen LogP contribution in [0.1, 0.15) is 51.4 Å². The number of carbonyl (C=O) groups excluding carboxylic acids is 1. The predicted octanol–water partition coefficient (Wildman–Crippen LogP) is 1.31. The fraction of sp³-hybridized carbons (Fsp3) is 0.933. The first-order chi connectivity index (χ1) is 9.67. The molecule has 3 N–H and O–H groups in total. The van der Waals surface area contributed by atoms with E-state index < -0.39 is 0 Å². The Labute approximate surface area is 120 Å². The second-order valence-corrected chi connectivity index (χ2v) is 6.50. The van der Waals surface area contributed by atoms with Crippen LogP contribution in [0.25, 0.3) is 0 Å². The highest BCUT2D eigenvalue weighted by atomic mass is 16.7. The molecule has 0 unspecified atom stereocenters. The molecule has 1 saturated heterocycles. The number of hydrogen-bond acceptors (Lipinski definition) is 4. The number of carbonyl (C=O) groups is 1. The summed E-state index contributed by atoms with van der Waals surface area (Å²) in [6.07, 6.45) is 8.27. The van der Waals surface area contributed by atoms with Gasteiger partial charge in [0.25, 0.3) is 0 Å². The predicted molar refractivity (Wildman–Crippen MR) is 75.0 cm³/mol. The lowest BCUT2D eigenvalue weighted by molar-refractivity contribution is -0.179. The van der Waals surface area contributed by atoms with Gasteiger partial charge in [-0.25, -0.2) is 0 Å². The molecule has 1 amide bonds. The highest BCUT2D eigenvalue weighted by Crippen LogP contribution is 2.36. The van der Waals surface area contributed by atoms with Crippen molar-refractivity contribution in [3.8, 4) is 0 Å². The largest absolute Gasteiger partial charge is 0.369 e. The molecule has 3 aliphatic rings. The lowest BCUT2D eigenvalue weighted by atomic mass is 9.84. The minimum absolute atomic E-state index is 0.1000. The van der Waals surface area contributed by atoms with Gasteiger partial charge >= 0.3 is 0 Å². The number of nitrogens with one attached hydrogen (secondary N) is 1. The van der Waals surface area contributed by atoms with Gasteiger partial charge in [0.15, 0.2) is 5.79 Å². The lowest BCUT2D eigenvalue weighted by Crippen LogP contribution is -2.47. The Kier molecular flexibility index (Phi) is 4.29. The van der Waals surface area contributed by atoms with Crippen LogP contribution in [0.5, 0.6) is 0 Å². The number of amides is 1. The summed E-state index contributed by atoms with van der Waals surface area (Å²) < 4.78 is 11.5. The molecule has 0 radical (unpaired) electrons. The van der Waals surface area contributed by atoms with Crippen LogP contribution in [0.4, 0.5) is 0 Å². The Bertz CT molecular complexity index is 337. The first kappa shape index (κ1) is 14.3. The highest BCUT2D eigenvalue weighted by Gasteiger charge is 2.40. The van der Waals surface area contributed by atoms with Gasteiger partial charge < -0.3 is 20.5 Å². The van der Waals surface area contributed by atoms with E-state index in [1.165, 1.54) is 0 Å². The summed E-state index contributed by atoms with van der Waals surface area (Å²) in [6, 6.07) is 1.12. The van der Waals surface area contributed by atoms with Crippen LogP contribution in [0.15, 0.2) is 0 Å². The van der Waals surface area contributed by atoms with E-state index in [-0.39, 0.29) is 17.6 Å². The van der Waals surface area contributed by atoms with Gasteiger partial charge in [-0.05, 0) is 38.5 Å². The van der Waals surface area contributed by atoms with Crippen LogP contribution in [-0.4, -0.2) is 37.0 Å². The maximum absolute atomic E-state index is 11.2. The molecule has 5 nitrogen and oxygen atoms in total. The average molecular weight is 282 g/mol. The molecular weight excluding hydrogens is 256 g/mol. The normalized spacial score (nSPS) is 34.4. The Hall–Kier alpha value is -0.650. The first-order valence-electron chi connectivity index (χ1n) is 8.00. The molecule has 114 valence electrons. The van der Waals surface area contributed by atoms with Crippen LogP contribution >= 0.6 is 0 Å². The van der Waals surface area contributed by atoms with Gasteiger partial charge in [0.2, 0.25) is 5.91 Å². The van der Waals surface area contributed by atoms with E-state index in [1.54, 1.807) is 0 Å². The number of rotatable bonds is 3. The van der Waals surface area contributed by atoms with Crippen molar-refractivity contribution in [3.05, 3.63) is 0 Å². The molecule has 3 rings (SSSR count). The quantitative estimate of drug-likeness (QED) is 0.818. The molecule has 0 bridgehead atoms. The van der Waals surface area contributed by atoms with Crippen LogP contribution < -0.4 is 11.1 Å². The minimum Gasteiger partial charge on any atom is -0.369 e. The summed E-state index contributed by atoms with van der Waals surface area (Å²) >= 11 is 0. The van der Waals surface area contributed by atoms with Gasteiger partial charge in [0.05, 0.1) is 13.2 Å². The molecule has 0 aromatic rings. The van der Waals surface area contributed by atoms with Crippen molar-refractivity contribution < 1.29 is 14.3 Å². The van der Waals surface area contributed by atoms with E-state index in [1.807, 2.05) is 0 Å². The third-order valence-corrected chi connectivity index (χ3v) is 5.16. The van der Waals surface area contributed by atoms with Crippen molar-refractivity contribution in [1.29, 1.82) is 0 Å². The van der Waals surface area contributed by atoms with Crippen LogP contribution in [0.3, 0.4) is 0 Å². The van der Waals surface area contributed by atoms with Gasteiger partial charge in [-0.1, -0.05) is 0 Å². The first-order valence-corrected chi connectivity index (χ1v) is 8.00. The fourth-order valence-corrected chi connectivity index (χ4v) is 3.89. The van der Waals surface area contributed by atoms with E-state index in [2.05, 4.69) is 5.32 Å². The van der Waals surface area contributed by atoms with Crippen molar-refractivity contribution in [2.45, 2.75) is 69.2 Å². The minimum atomic E-state index is -0.262. The zero-order chi connectivity index (χ0) is 14.0. The zero-order valence-electron chi connectivity index (χ0n) is 12.1. The summed E-state index contributed by atoms with van der Waals surface area (Å²) in [6.45, 7) is 1.49. The van der Waals surface area contributed by atoms with E-state index in [0.29, 0.717) is 12.1 Å². The second kappa shape index (κ2) is 6.00. The standard InChI is InChI=1S/C15H26N2O3/c16-14(18)11-1-3-12(4-2-11)17-13-5-7-15(8-6-13)19-9-10-20-15/h11-13,17H,1-10H2,(H2,16,18). The van der Waals surface area contributed by atoms with Crippen molar-refractivity contribution >= 4 is 5.91 Å². The van der Waals surface area contributed by atoms with E-state index in [4.69, 9.17) is 15.2 Å². The van der Waals surface area contributed by atoms with Crippen LogP contribution in [0, 0.1) is 5.92 Å². The van der Waals surface area contributed by atoms with Crippen LogP contribution in [0.2, 0.25) is 0 Å². The molecule has 2 aliphatic carbocycles. The van der Waals surface area contributed by atoms with Gasteiger partial charge in [0.1, 0.15) is 0 Å². The summed E-state index contributed by atoms with van der Waals surface area (Å²) in [5, 5.41) is 3.76. The van der Waals surface area contributed by atoms with Crippen molar-refractivity contribution in [2.24, 2.45) is 11.7 Å². The highest BCUT2D eigenvalue weighted by molar-refractivity contribution is 5.76. The Balaban J connectivity index is 1.41. The van der Waals surface area contributed by atoms with Gasteiger partial charge in [-0.3, -0.25) is 4.79 Å². The van der Waals surface area contributed by atoms with Crippen LogP contribution in [-0.2, 0) is 14.3 Å². The molecule has 5 heteroatoms. The zero-order valence-corrected chi connectivity index (χ0v) is 12.1. The summed E-state index contributed by atoms with van der Waals surface area (Å²) in [5.74, 6) is -0.288. The molecule has 1 aliphatic heterocycles. The van der Waals surface area contributed by atoms with Gasteiger partial charge in [0, 0.05) is 30.8 Å². The summed E-state index contributed by atoms with van der Waals surface area (Å²) in [4.78, 5) is 11.2. The van der Waals surface area contributed by atoms with Gasteiger partial charge in [-0.15, -0.1) is 0 Å². The number of primary amides is 1. The maximum atomic E-state index is 11.2. The Morgan fingerprint density at radius 1 is 0.950 bits per heavy atom. The maximum Gasteiger partial charge on any atom is 0.220 e. The Morgan fingerprint density at radius 2 is 1.50 bits per heavy atom. The number of hydrogen-bond donors (Lipinski definition) is 2. The molecule has 1 heterocycles. The van der Waals surface area contributed by atoms with Crippen molar-refractivity contribution in [1.82, 2.24) is 5.32 Å². The third kappa shape index (κ3) is 3.15. The molecule has 2 saturated carbocycles. The van der Waals surface area contributed by atoms with E-state index >= 15 is 0 Å².